The summed E-state index contributed by atoms with van der Waals surface area (Å²) in [5.41, 5.74) is 0.238. The Morgan fingerprint density at radius 3 is 1.94 bits per heavy atom. The van der Waals surface area contributed by atoms with Crippen LogP contribution in [0.1, 0.15) is 48.0 Å². The summed E-state index contributed by atoms with van der Waals surface area (Å²) in [7, 11) is -2.85. The van der Waals surface area contributed by atoms with Gasteiger partial charge in [-0.15, -0.1) is 0 Å². The summed E-state index contributed by atoms with van der Waals surface area (Å²) < 4.78 is 22.7. The molecule has 0 aromatic carbocycles. The zero-order valence-corrected chi connectivity index (χ0v) is 12.4. The van der Waals surface area contributed by atoms with Gasteiger partial charge >= 0.3 is 0 Å². The van der Waals surface area contributed by atoms with Crippen molar-refractivity contribution in [2.45, 2.75) is 53.5 Å². The van der Waals surface area contributed by atoms with E-state index in [4.69, 9.17) is 0 Å². The summed E-state index contributed by atoms with van der Waals surface area (Å²) in [5, 5.41) is 3.33. The lowest BCUT2D eigenvalue weighted by Crippen LogP contribution is -2.44. The van der Waals surface area contributed by atoms with Gasteiger partial charge in [0.05, 0.1) is 5.75 Å². The molecule has 0 radical (unpaired) electrons. The van der Waals surface area contributed by atoms with Gasteiger partial charge in [-0.2, -0.15) is 0 Å². The van der Waals surface area contributed by atoms with Crippen molar-refractivity contribution in [3.05, 3.63) is 0 Å². The minimum absolute atomic E-state index is 0.0124. The van der Waals surface area contributed by atoms with Gasteiger partial charge in [0, 0.05) is 17.8 Å². The van der Waals surface area contributed by atoms with E-state index >= 15 is 0 Å². The van der Waals surface area contributed by atoms with Crippen molar-refractivity contribution in [3.63, 3.8) is 0 Å². The van der Waals surface area contributed by atoms with Crippen LogP contribution in [-0.4, -0.2) is 32.0 Å². The van der Waals surface area contributed by atoms with Crippen molar-refractivity contribution < 1.29 is 8.42 Å². The molecule has 0 aliphatic rings. The van der Waals surface area contributed by atoms with Gasteiger partial charge in [0.1, 0.15) is 0 Å². The van der Waals surface area contributed by atoms with Crippen LogP contribution in [-0.2, 0) is 9.84 Å². The third-order valence-corrected chi connectivity index (χ3v) is 4.13. The van der Waals surface area contributed by atoms with Crippen molar-refractivity contribution in [2.24, 2.45) is 5.41 Å². The van der Waals surface area contributed by atoms with E-state index in [0.29, 0.717) is 6.54 Å². The van der Waals surface area contributed by atoms with Crippen LogP contribution >= 0.6 is 0 Å². The van der Waals surface area contributed by atoms with Gasteiger partial charge in [-0.1, -0.05) is 27.7 Å². The molecule has 0 aromatic rings. The van der Waals surface area contributed by atoms with Crippen LogP contribution in [0, 0.1) is 5.41 Å². The molecule has 16 heavy (non-hydrogen) atoms. The summed E-state index contributed by atoms with van der Waals surface area (Å²) in [4.78, 5) is 0. The van der Waals surface area contributed by atoms with E-state index in [1.807, 2.05) is 0 Å². The van der Waals surface area contributed by atoms with Crippen LogP contribution in [0.2, 0.25) is 0 Å². The van der Waals surface area contributed by atoms with Gasteiger partial charge in [-0.3, -0.25) is 0 Å². The highest BCUT2D eigenvalue weighted by molar-refractivity contribution is 7.91. The number of rotatable bonds is 6. The molecular weight excluding hydrogens is 222 g/mol. The van der Waals surface area contributed by atoms with Crippen molar-refractivity contribution in [1.29, 1.82) is 0 Å². The molecule has 3 nitrogen and oxygen atoms in total. The molecule has 0 amide bonds. The van der Waals surface area contributed by atoms with E-state index in [0.717, 1.165) is 6.42 Å². The summed E-state index contributed by atoms with van der Waals surface area (Å²) in [6, 6.07) is 0. The quantitative estimate of drug-likeness (QED) is 0.785. The van der Waals surface area contributed by atoms with Gasteiger partial charge < -0.3 is 5.32 Å². The molecule has 0 spiro atoms. The molecule has 0 heterocycles. The Labute approximate surface area is 101 Å². The number of nitrogens with one attached hydrogen (secondary N) is 1. The Hall–Kier alpha value is -0.0900. The Bertz CT molecular complexity index is 299. The van der Waals surface area contributed by atoms with Gasteiger partial charge in [0.15, 0.2) is 9.84 Å². The smallest absolute Gasteiger partial charge is 0.151 e. The first kappa shape index (κ1) is 15.9. The van der Waals surface area contributed by atoms with Crippen molar-refractivity contribution in [1.82, 2.24) is 5.32 Å². The summed E-state index contributed by atoms with van der Waals surface area (Å²) in [5.74, 6) is 0.464. The fourth-order valence-electron chi connectivity index (χ4n) is 2.08. The Morgan fingerprint density at radius 2 is 1.56 bits per heavy atom. The molecular formula is C12H27NO2S. The monoisotopic (exact) mass is 249 g/mol. The number of sulfone groups is 1. The Morgan fingerprint density at radius 1 is 1.06 bits per heavy atom. The molecule has 1 N–H and O–H groups in total. The lowest BCUT2D eigenvalue weighted by atomic mass is 9.82. The second kappa shape index (κ2) is 5.50. The van der Waals surface area contributed by atoms with E-state index < -0.39 is 9.84 Å². The summed E-state index contributed by atoms with van der Waals surface area (Å²) >= 11 is 0. The molecule has 0 saturated heterocycles. The van der Waals surface area contributed by atoms with Gasteiger partial charge in [0.2, 0.25) is 0 Å². The fraction of sp³-hybridized carbons (Fsp3) is 1.00. The van der Waals surface area contributed by atoms with Crippen LogP contribution in [0.4, 0.5) is 0 Å². The summed E-state index contributed by atoms with van der Waals surface area (Å²) in [6.07, 6.45) is 1.02. The van der Waals surface area contributed by atoms with Crippen molar-refractivity contribution >= 4 is 9.84 Å². The first-order valence-corrected chi connectivity index (χ1v) is 7.75. The normalized spacial score (nSPS) is 14.1. The predicted molar refractivity (Wildman–Crippen MR) is 70.5 cm³/mol. The average molecular weight is 249 g/mol. The molecule has 4 heteroatoms. The standard InChI is InChI=1S/C12H27NO2S/c1-7-16(14,15)9-8-13-12(5,6)10-11(2,3)4/h13H,7-10H2,1-6H3. The van der Waals surface area contributed by atoms with Crippen LogP contribution in [0.25, 0.3) is 0 Å². The molecule has 0 atom stereocenters. The number of hydrogen-bond donors (Lipinski definition) is 1. The molecule has 0 aromatic heterocycles. The van der Waals surface area contributed by atoms with E-state index in [1.165, 1.54) is 0 Å². The highest BCUT2D eigenvalue weighted by Crippen LogP contribution is 2.26. The van der Waals surface area contributed by atoms with E-state index in [-0.39, 0.29) is 22.5 Å². The van der Waals surface area contributed by atoms with Gasteiger partial charge in [-0.25, -0.2) is 8.42 Å². The summed E-state index contributed by atoms with van der Waals surface area (Å²) in [6.45, 7) is 13.1. The third-order valence-electron chi connectivity index (χ3n) is 2.43. The van der Waals surface area contributed by atoms with Crippen molar-refractivity contribution in [3.8, 4) is 0 Å². The lowest BCUT2D eigenvalue weighted by Gasteiger charge is -2.33. The fourth-order valence-corrected chi connectivity index (χ4v) is 2.78. The molecule has 0 saturated carbocycles. The Kier molecular flexibility index (Phi) is 5.47. The second-order valence-corrected chi connectivity index (χ2v) is 8.76. The topological polar surface area (TPSA) is 46.2 Å². The molecule has 0 rings (SSSR count). The average Bonchev–Trinajstić information content (AvgIpc) is 1.98. The van der Waals surface area contributed by atoms with Gasteiger partial charge in [0.25, 0.3) is 0 Å². The molecule has 98 valence electrons. The first-order chi connectivity index (χ1) is 6.97. The minimum Gasteiger partial charge on any atom is -0.311 e. The second-order valence-electron chi connectivity index (χ2n) is 6.28. The van der Waals surface area contributed by atoms with Crippen LogP contribution in [0.3, 0.4) is 0 Å². The van der Waals surface area contributed by atoms with E-state index in [9.17, 15) is 8.42 Å². The largest absolute Gasteiger partial charge is 0.311 e. The highest BCUT2D eigenvalue weighted by atomic mass is 32.2. The molecule has 0 aliphatic heterocycles. The zero-order valence-electron chi connectivity index (χ0n) is 11.6. The zero-order chi connectivity index (χ0) is 13.0. The number of hydrogen-bond acceptors (Lipinski definition) is 3. The molecule has 0 unspecified atom stereocenters. The maximum Gasteiger partial charge on any atom is 0.151 e. The van der Waals surface area contributed by atoms with E-state index in [1.54, 1.807) is 6.92 Å². The van der Waals surface area contributed by atoms with Crippen LogP contribution in [0.15, 0.2) is 0 Å². The van der Waals surface area contributed by atoms with E-state index in [2.05, 4.69) is 39.9 Å². The lowest BCUT2D eigenvalue weighted by molar-refractivity contribution is 0.246. The molecule has 0 bridgehead atoms. The van der Waals surface area contributed by atoms with Gasteiger partial charge in [-0.05, 0) is 25.7 Å². The molecule has 0 fully saturated rings. The molecule has 0 aliphatic carbocycles. The third kappa shape index (κ3) is 8.11. The highest BCUT2D eigenvalue weighted by Gasteiger charge is 2.25. The van der Waals surface area contributed by atoms with Crippen LogP contribution < -0.4 is 5.32 Å². The van der Waals surface area contributed by atoms with Crippen molar-refractivity contribution in [2.75, 3.05) is 18.1 Å². The predicted octanol–water partition coefficient (Wildman–Crippen LogP) is 2.23. The Balaban J connectivity index is 4.11. The first-order valence-electron chi connectivity index (χ1n) is 5.93. The van der Waals surface area contributed by atoms with Crippen LogP contribution in [0.5, 0.6) is 0 Å². The SMILES string of the molecule is CCS(=O)(=O)CCNC(C)(C)CC(C)(C)C. The maximum atomic E-state index is 11.3. The minimum atomic E-state index is -2.85. The maximum absolute atomic E-state index is 11.3.